The van der Waals surface area contributed by atoms with E-state index < -0.39 is 66.2 Å². The molecule has 1 aromatic heterocycles. The summed E-state index contributed by atoms with van der Waals surface area (Å²) in [6, 6.07) is 8.46. The Morgan fingerprint density at radius 3 is 2.31 bits per heavy atom. The van der Waals surface area contributed by atoms with Crippen LogP contribution in [0.4, 0.5) is 0 Å². The number of ether oxygens (including phenoxy) is 1. The minimum absolute atomic E-state index is 0.0527. The molecule has 1 fully saturated rings. The molecular weight excluding hydrogens is 718 g/mol. The van der Waals surface area contributed by atoms with E-state index in [9.17, 15) is 34.3 Å². The predicted octanol–water partition coefficient (Wildman–Crippen LogP) is 1.36. The number of likely N-dealkylation sites (N-methyl/N-ethyl adjacent to an activating group) is 2. The minimum Gasteiger partial charge on any atom is -0.619 e. The van der Waals surface area contributed by atoms with Crippen molar-refractivity contribution in [1.29, 1.82) is 0 Å². The van der Waals surface area contributed by atoms with E-state index in [4.69, 9.17) is 22.1 Å². The number of nitrogens with one attached hydrogen (secondary N) is 2. The number of pyridine rings is 1. The standard InChI is InChI=1S/C38H56ClN7O8/c1-43(2)19-17-30(40)36(50)42-32(24-54-5)38(52)44(3)29(20-25-13-15-27(39)16-14-25)23-34(47)41-31-11-6-7-12-33(31)45(4)37(51)26(22-35(48)49)21-28-10-8-9-18-46(28)53/h8-10,13-16,18,26,29-33H,6-7,11-12,17,19-24,40H2,1-5H3,(H,41,47)(H,42,50)(H,48,49)/t26-,29+,30+,31+,32+,33+/m1/s1. The number of benzene rings is 1. The highest BCUT2D eigenvalue weighted by Crippen LogP contribution is 2.26. The van der Waals surface area contributed by atoms with Crippen molar-refractivity contribution < 1.29 is 38.5 Å². The van der Waals surface area contributed by atoms with Gasteiger partial charge in [0.1, 0.15) is 6.04 Å². The number of hydrogen-bond donors (Lipinski definition) is 4. The molecule has 5 N–H and O–H groups in total. The molecule has 4 amide bonds. The molecule has 16 heteroatoms. The lowest BCUT2D eigenvalue weighted by atomic mass is 9.87. The fourth-order valence-corrected chi connectivity index (χ4v) is 6.94. The molecule has 0 radical (unpaired) electrons. The van der Waals surface area contributed by atoms with Crippen LogP contribution in [0.1, 0.15) is 56.2 Å². The fourth-order valence-electron chi connectivity index (χ4n) is 6.82. The third-order valence-electron chi connectivity index (χ3n) is 9.92. The summed E-state index contributed by atoms with van der Waals surface area (Å²) in [7, 11) is 8.35. The Kier molecular flexibility index (Phi) is 17.6. The number of nitrogens with zero attached hydrogens (tertiary/aromatic N) is 4. The Morgan fingerprint density at radius 2 is 1.69 bits per heavy atom. The Balaban J connectivity index is 1.80. The van der Waals surface area contributed by atoms with Crippen LogP contribution in [0.15, 0.2) is 48.7 Å². The van der Waals surface area contributed by atoms with E-state index in [2.05, 4.69) is 10.6 Å². The number of hydrogen-bond acceptors (Lipinski definition) is 9. The van der Waals surface area contributed by atoms with Gasteiger partial charge in [0.15, 0.2) is 11.9 Å². The van der Waals surface area contributed by atoms with Crippen molar-refractivity contribution in [3.05, 3.63) is 70.1 Å². The first-order valence-corrected chi connectivity index (χ1v) is 18.6. The zero-order valence-electron chi connectivity index (χ0n) is 31.9. The van der Waals surface area contributed by atoms with Crippen molar-refractivity contribution in [2.24, 2.45) is 11.7 Å². The van der Waals surface area contributed by atoms with Crippen LogP contribution in [0, 0.1) is 11.1 Å². The first-order chi connectivity index (χ1) is 25.6. The number of rotatable bonds is 20. The molecule has 0 unspecified atom stereocenters. The van der Waals surface area contributed by atoms with Gasteiger partial charge in [-0.15, -0.1) is 0 Å². The number of nitrogens with two attached hydrogens (primary N) is 1. The van der Waals surface area contributed by atoms with Gasteiger partial charge >= 0.3 is 5.97 Å². The van der Waals surface area contributed by atoms with Gasteiger partial charge in [0.25, 0.3) is 0 Å². The predicted molar refractivity (Wildman–Crippen MR) is 203 cm³/mol. The van der Waals surface area contributed by atoms with E-state index in [0.29, 0.717) is 42.0 Å². The van der Waals surface area contributed by atoms with Crippen LogP contribution < -0.4 is 21.1 Å². The number of carboxylic acid groups (broad SMARTS) is 1. The molecule has 0 spiro atoms. The molecule has 1 aliphatic rings. The Labute approximate surface area is 322 Å². The number of aromatic nitrogens is 1. The number of amides is 4. The van der Waals surface area contributed by atoms with Gasteiger partial charge in [-0.3, -0.25) is 24.0 Å². The van der Waals surface area contributed by atoms with Crippen LogP contribution in [0.3, 0.4) is 0 Å². The summed E-state index contributed by atoms with van der Waals surface area (Å²) in [5, 5.41) is 28.3. The maximum absolute atomic E-state index is 13.9. The summed E-state index contributed by atoms with van der Waals surface area (Å²) < 4.78 is 5.92. The van der Waals surface area contributed by atoms with Gasteiger partial charge < -0.3 is 46.1 Å². The minimum atomic E-state index is -1.16. The highest BCUT2D eigenvalue weighted by molar-refractivity contribution is 6.30. The summed E-state index contributed by atoms with van der Waals surface area (Å²) in [6.07, 6.45) is 4.17. The van der Waals surface area contributed by atoms with E-state index in [-0.39, 0.29) is 31.0 Å². The Hall–Kier alpha value is -4.31. The number of methoxy groups -OCH3 is 1. The number of carboxylic acids is 1. The lowest BCUT2D eigenvalue weighted by molar-refractivity contribution is -0.614. The summed E-state index contributed by atoms with van der Waals surface area (Å²) in [6.45, 7) is 0.473. The van der Waals surface area contributed by atoms with Gasteiger partial charge in [-0.25, -0.2) is 0 Å². The zero-order valence-corrected chi connectivity index (χ0v) is 32.7. The molecule has 3 rings (SSSR count). The summed E-state index contributed by atoms with van der Waals surface area (Å²) in [5.74, 6) is -3.86. The zero-order chi connectivity index (χ0) is 39.9. The van der Waals surface area contributed by atoms with E-state index in [0.717, 1.165) is 18.4 Å². The molecule has 0 saturated heterocycles. The third kappa shape index (κ3) is 13.5. The van der Waals surface area contributed by atoms with Crippen LogP contribution in [-0.2, 0) is 41.6 Å². The van der Waals surface area contributed by atoms with Gasteiger partial charge in [-0.1, -0.05) is 42.6 Å². The van der Waals surface area contributed by atoms with Crippen molar-refractivity contribution in [3.63, 3.8) is 0 Å². The molecule has 1 saturated carbocycles. The maximum atomic E-state index is 13.9. The SMILES string of the molecule is COC[C@H](NC(=O)[C@@H](N)CCN(C)C)C(=O)N(C)[C@H](CC(=O)N[C@H]1CCCC[C@@H]1N(C)C(=O)[C@@H](CC(=O)O)Cc1cccc[n+]1[O-])Cc1ccc(Cl)cc1. The van der Waals surface area contributed by atoms with E-state index in [1.165, 1.54) is 23.1 Å². The third-order valence-corrected chi connectivity index (χ3v) is 10.2. The largest absolute Gasteiger partial charge is 0.619 e. The van der Waals surface area contributed by atoms with Crippen molar-refractivity contribution in [2.45, 2.75) is 88.0 Å². The molecule has 1 aromatic carbocycles. The van der Waals surface area contributed by atoms with Crippen molar-refractivity contribution in [3.8, 4) is 0 Å². The van der Waals surface area contributed by atoms with Crippen molar-refractivity contribution in [2.75, 3.05) is 48.5 Å². The average molecular weight is 774 g/mol. The van der Waals surface area contributed by atoms with Gasteiger partial charge in [-0.2, -0.15) is 4.73 Å². The van der Waals surface area contributed by atoms with Gasteiger partial charge in [0.2, 0.25) is 23.6 Å². The second-order valence-corrected chi connectivity index (χ2v) is 14.8. The normalized spacial score (nSPS) is 17.9. The molecule has 1 aliphatic carbocycles. The second kappa shape index (κ2) is 21.5. The summed E-state index contributed by atoms with van der Waals surface area (Å²) in [5.41, 5.74) is 7.23. The molecule has 2 aromatic rings. The lowest BCUT2D eigenvalue weighted by Gasteiger charge is -2.40. The smallest absolute Gasteiger partial charge is 0.304 e. The number of carbonyl (C=O) groups excluding carboxylic acids is 4. The molecule has 54 heavy (non-hydrogen) atoms. The first kappa shape index (κ1) is 44.1. The Morgan fingerprint density at radius 1 is 1.00 bits per heavy atom. The van der Waals surface area contributed by atoms with Crippen LogP contribution in [0.2, 0.25) is 5.02 Å². The van der Waals surface area contributed by atoms with E-state index in [1.54, 1.807) is 44.4 Å². The van der Waals surface area contributed by atoms with Crippen LogP contribution >= 0.6 is 11.6 Å². The Bertz CT molecular complexity index is 1560. The van der Waals surface area contributed by atoms with Crippen LogP contribution in [-0.4, -0.2) is 128 Å². The van der Waals surface area contributed by atoms with Crippen molar-refractivity contribution in [1.82, 2.24) is 25.3 Å². The monoisotopic (exact) mass is 773 g/mol. The number of halogens is 1. The van der Waals surface area contributed by atoms with Gasteiger partial charge in [-0.05, 0) is 64.0 Å². The maximum Gasteiger partial charge on any atom is 0.304 e. The highest BCUT2D eigenvalue weighted by Gasteiger charge is 2.37. The lowest BCUT2D eigenvalue weighted by Crippen LogP contribution is -2.57. The van der Waals surface area contributed by atoms with Crippen LogP contribution in [0.25, 0.3) is 0 Å². The number of carbonyl (C=O) groups is 5. The molecule has 0 aliphatic heterocycles. The van der Waals surface area contributed by atoms with Crippen molar-refractivity contribution >= 4 is 41.2 Å². The second-order valence-electron chi connectivity index (χ2n) is 14.3. The highest BCUT2D eigenvalue weighted by atomic mass is 35.5. The molecule has 298 valence electrons. The molecule has 0 bridgehead atoms. The molecule has 1 heterocycles. The quantitative estimate of drug-likeness (QED) is 0.113. The summed E-state index contributed by atoms with van der Waals surface area (Å²) >= 11 is 6.13. The molecule has 6 atom stereocenters. The average Bonchev–Trinajstić information content (AvgIpc) is 3.13. The number of aliphatic carboxylic acids is 1. The first-order valence-electron chi connectivity index (χ1n) is 18.3. The van der Waals surface area contributed by atoms with Gasteiger partial charge in [0.05, 0.1) is 31.0 Å². The fraction of sp³-hybridized carbons (Fsp3) is 0.579. The van der Waals surface area contributed by atoms with Crippen LogP contribution in [0.5, 0.6) is 0 Å². The molecular formula is C38H56ClN7O8. The molecule has 15 nitrogen and oxygen atoms in total. The van der Waals surface area contributed by atoms with E-state index in [1.807, 2.05) is 31.1 Å². The van der Waals surface area contributed by atoms with Gasteiger partial charge in [0, 0.05) is 63.3 Å². The topological polar surface area (TPSA) is 202 Å². The van der Waals surface area contributed by atoms with E-state index >= 15 is 0 Å². The summed E-state index contributed by atoms with van der Waals surface area (Å²) in [4.78, 5) is 71.3.